The molecule has 0 bridgehead atoms. The number of ether oxygens (including phenoxy) is 4. The Balaban J connectivity index is 1.51. The number of fused-ring (bicyclic) bond motifs is 3. The molecule has 3 aromatic rings. The Bertz CT molecular complexity index is 1230. The van der Waals surface area contributed by atoms with E-state index in [0.717, 1.165) is 60.5 Å². The number of nitrogens with zero attached hydrogens (tertiary/aromatic N) is 2. The first-order chi connectivity index (χ1) is 17.7. The minimum absolute atomic E-state index is 0.0105. The highest BCUT2D eigenvalue weighted by atomic mass is 16.6. The minimum Gasteiger partial charge on any atom is -0.494 e. The van der Waals surface area contributed by atoms with Crippen LogP contribution in [0.1, 0.15) is 36.5 Å². The van der Waals surface area contributed by atoms with Gasteiger partial charge in [-0.1, -0.05) is 43.7 Å². The van der Waals surface area contributed by atoms with Gasteiger partial charge in [0, 0.05) is 23.7 Å². The first kappa shape index (κ1) is 24.6. The molecule has 6 heteroatoms. The van der Waals surface area contributed by atoms with Gasteiger partial charge in [-0.05, 0) is 49.1 Å². The van der Waals surface area contributed by atoms with Gasteiger partial charge >= 0.3 is 0 Å². The molecule has 6 nitrogen and oxygen atoms in total. The van der Waals surface area contributed by atoms with E-state index in [0.29, 0.717) is 33.0 Å². The number of hydrogen-bond acceptors (Lipinski definition) is 5. The van der Waals surface area contributed by atoms with E-state index in [2.05, 4.69) is 54.8 Å². The highest BCUT2D eigenvalue weighted by Crippen LogP contribution is 2.36. The van der Waals surface area contributed by atoms with Crippen molar-refractivity contribution in [3.05, 3.63) is 76.8 Å². The molecule has 0 unspecified atom stereocenters. The molecule has 0 amide bonds. The molecule has 2 aliphatic rings. The Morgan fingerprint density at radius 3 is 2.75 bits per heavy atom. The number of unbranched alkanes of at least 4 members (excludes halogenated alkanes) is 1. The van der Waals surface area contributed by atoms with Crippen LogP contribution in [0.25, 0.3) is 11.3 Å². The SMILES string of the molecule is CCCCOc1ccc2c(c1)CCn1c-2c(C)c(OCc2ccccc2)cc1=NC[C@@H]1COCCO1. The van der Waals surface area contributed by atoms with Crippen LogP contribution < -0.4 is 15.0 Å². The van der Waals surface area contributed by atoms with Gasteiger partial charge in [-0.3, -0.25) is 4.99 Å². The molecule has 1 fully saturated rings. The van der Waals surface area contributed by atoms with Crippen molar-refractivity contribution in [2.45, 2.75) is 52.4 Å². The van der Waals surface area contributed by atoms with Crippen molar-refractivity contribution in [2.24, 2.45) is 4.99 Å². The maximum Gasteiger partial charge on any atom is 0.131 e. The Hall–Kier alpha value is -3.09. The normalized spacial score (nSPS) is 17.4. The van der Waals surface area contributed by atoms with Crippen molar-refractivity contribution in [1.29, 1.82) is 0 Å². The van der Waals surface area contributed by atoms with Crippen molar-refractivity contribution >= 4 is 0 Å². The number of benzene rings is 2. The molecule has 1 saturated heterocycles. The van der Waals surface area contributed by atoms with E-state index in [1.165, 1.54) is 16.8 Å². The van der Waals surface area contributed by atoms with Crippen LogP contribution in [0.15, 0.2) is 59.6 Å². The third kappa shape index (κ3) is 5.66. The number of rotatable bonds is 9. The summed E-state index contributed by atoms with van der Waals surface area (Å²) in [5.74, 6) is 1.81. The topological polar surface area (TPSA) is 54.2 Å². The molecule has 1 aromatic heterocycles. The van der Waals surface area contributed by atoms with Gasteiger partial charge in [-0.15, -0.1) is 0 Å². The van der Waals surface area contributed by atoms with Crippen LogP contribution in [0, 0.1) is 6.92 Å². The first-order valence-electron chi connectivity index (χ1n) is 13.1. The number of pyridine rings is 1. The summed E-state index contributed by atoms with van der Waals surface area (Å²) < 4.78 is 26.1. The molecule has 1 atom stereocenters. The fraction of sp³-hybridized carbons (Fsp3) is 0.433. The van der Waals surface area contributed by atoms with E-state index in [1.807, 2.05) is 18.2 Å². The van der Waals surface area contributed by atoms with Gasteiger partial charge < -0.3 is 23.5 Å². The third-order valence-corrected chi connectivity index (χ3v) is 6.81. The second-order valence-electron chi connectivity index (χ2n) is 9.45. The summed E-state index contributed by atoms with van der Waals surface area (Å²) in [6, 6.07) is 18.8. The van der Waals surface area contributed by atoms with E-state index in [1.54, 1.807) is 0 Å². The minimum atomic E-state index is -0.0105. The molecule has 0 saturated carbocycles. The summed E-state index contributed by atoms with van der Waals surface area (Å²) in [6.07, 6.45) is 3.12. The quantitative estimate of drug-likeness (QED) is 0.394. The van der Waals surface area contributed by atoms with Crippen molar-refractivity contribution in [3.8, 4) is 22.8 Å². The van der Waals surface area contributed by atoms with Crippen LogP contribution in [0.2, 0.25) is 0 Å². The molecule has 0 N–H and O–H groups in total. The molecule has 5 rings (SSSR count). The third-order valence-electron chi connectivity index (χ3n) is 6.81. The van der Waals surface area contributed by atoms with E-state index >= 15 is 0 Å². The standard InChI is InChI=1S/C30H36N2O4/c1-3-4-14-34-25-10-11-27-24(17-25)12-13-32-29(31-19-26-21-33-15-16-35-26)18-28(22(2)30(27)32)36-20-23-8-6-5-7-9-23/h5-11,17-18,26H,3-4,12-16,19-21H2,1-2H3/t26-/m1/s1. The van der Waals surface area contributed by atoms with E-state index in [-0.39, 0.29) is 6.10 Å². The van der Waals surface area contributed by atoms with E-state index < -0.39 is 0 Å². The summed E-state index contributed by atoms with van der Waals surface area (Å²) >= 11 is 0. The average Bonchev–Trinajstić information content (AvgIpc) is 2.93. The second-order valence-corrected chi connectivity index (χ2v) is 9.45. The Kier molecular flexibility index (Phi) is 8.04. The van der Waals surface area contributed by atoms with Crippen molar-refractivity contribution in [1.82, 2.24) is 4.57 Å². The zero-order valence-corrected chi connectivity index (χ0v) is 21.4. The Morgan fingerprint density at radius 2 is 1.94 bits per heavy atom. The van der Waals surface area contributed by atoms with Gasteiger partial charge in [0.15, 0.2) is 0 Å². The van der Waals surface area contributed by atoms with Gasteiger partial charge in [0.1, 0.15) is 29.7 Å². The van der Waals surface area contributed by atoms with Crippen LogP contribution in [-0.2, 0) is 29.0 Å². The zero-order chi connectivity index (χ0) is 24.7. The molecular weight excluding hydrogens is 452 g/mol. The summed E-state index contributed by atoms with van der Waals surface area (Å²) in [7, 11) is 0. The predicted octanol–water partition coefficient (Wildman–Crippen LogP) is 5.09. The molecule has 36 heavy (non-hydrogen) atoms. The molecule has 2 aromatic carbocycles. The largest absolute Gasteiger partial charge is 0.494 e. The van der Waals surface area contributed by atoms with Gasteiger partial charge in [0.2, 0.25) is 0 Å². The number of hydrogen-bond donors (Lipinski definition) is 0. The first-order valence-corrected chi connectivity index (χ1v) is 13.1. The summed E-state index contributed by atoms with van der Waals surface area (Å²) in [5, 5.41) is 0. The predicted molar refractivity (Wildman–Crippen MR) is 140 cm³/mol. The lowest BCUT2D eigenvalue weighted by molar-refractivity contribution is -0.0835. The molecule has 190 valence electrons. The Labute approximate surface area is 213 Å². The van der Waals surface area contributed by atoms with Crippen LogP contribution in [0.5, 0.6) is 11.5 Å². The van der Waals surface area contributed by atoms with Gasteiger partial charge in [-0.25, -0.2) is 0 Å². The zero-order valence-electron chi connectivity index (χ0n) is 21.4. The summed E-state index contributed by atoms with van der Waals surface area (Å²) in [6.45, 7) is 8.90. The summed E-state index contributed by atoms with van der Waals surface area (Å²) in [5.41, 5.74) is 6.89. The van der Waals surface area contributed by atoms with Crippen LogP contribution in [-0.4, -0.2) is 43.6 Å². The fourth-order valence-corrected chi connectivity index (χ4v) is 4.83. The number of aromatic nitrogens is 1. The van der Waals surface area contributed by atoms with Gasteiger partial charge in [0.25, 0.3) is 0 Å². The maximum atomic E-state index is 6.37. The van der Waals surface area contributed by atoms with Crippen LogP contribution >= 0.6 is 0 Å². The molecule has 3 heterocycles. The average molecular weight is 489 g/mol. The lowest BCUT2D eigenvalue weighted by Gasteiger charge is -2.27. The molecule has 2 aliphatic heterocycles. The van der Waals surface area contributed by atoms with Crippen molar-refractivity contribution in [3.63, 3.8) is 0 Å². The molecule has 0 radical (unpaired) electrons. The maximum absolute atomic E-state index is 6.37. The highest BCUT2D eigenvalue weighted by Gasteiger charge is 2.22. The fourth-order valence-electron chi connectivity index (χ4n) is 4.83. The second kappa shape index (κ2) is 11.8. The van der Waals surface area contributed by atoms with Gasteiger partial charge in [0.05, 0.1) is 38.7 Å². The van der Waals surface area contributed by atoms with Crippen molar-refractivity contribution in [2.75, 3.05) is 33.0 Å². The van der Waals surface area contributed by atoms with Gasteiger partial charge in [-0.2, -0.15) is 0 Å². The molecule has 0 spiro atoms. The Morgan fingerprint density at radius 1 is 1.06 bits per heavy atom. The van der Waals surface area contributed by atoms with Crippen LogP contribution in [0.4, 0.5) is 0 Å². The van der Waals surface area contributed by atoms with Crippen molar-refractivity contribution < 1.29 is 18.9 Å². The monoisotopic (exact) mass is 488 g/mol. The van der Waals surface area contributed by atoms with Crippen LogP contribution in [0.3, 0.4) is 0 Å². The lowest BCUT2D eigenvalue weighted by atomic mass is 9.94. The molecular formula is C30H36N2O4. The number of aryl methyl sites for hydroxylation is 1. The molecule has 0 aliphatic carbocycles. The van der Waals surface area contributed by atoms with E-state index in [9.17, 15) is 0 Å². The highest BCUT2D eigenvalue weighted by molar-refractivity contribution is 5.71. The summed E-state index contributed by atoms with van der Waals surface area (Å²) in [4.78, 5) is 4.99. The van der Waals surface area contributed by atoms with E-state index in [4.69, 9.17) is 23.9 Å². The lowest BCUT2D eigenvalue weighted by Crippen LogP contribution is -2.33. The smallest absolute Gasteiger partial charge is 0.131 e.